The van der Waals surface area contributed by atoms with Crippen LogP contribution < -0.4 is 0 Å². The number of nitrogens with zero attached hydrogens (tertiary/aromatic N) is 2. The monoisotopic (exact) mass is 626 g/mol. The smallest absolute Gasteiger partial charge is 0.0567 e. The van der Waals surface area contributed by atoms with Crippen molar-refractivity contribution in [2.75, 3.05) is 0 Å². The van der Waals surface area contributed by atoms with E-state index in [1.54, 1.807) is 11.3 Å². The van der Waals surface area contributed by atoms with E-state index in [0.717, 1.165) is 0 Å². The van der Waals surface area contributed by atoms with Crippen molar-refractivity contribution >= 4 is 45.7 Å². The molecule has 0 amide bonds. The maximum Gasteiger partial charge on any atom is 0.0567 e. The van der Waals surface area contributed by atoms with Crippen LogP contribution in [0.4, 0.5) is 0 Å². The van der Waals surface area contributed by atoms with E-state index in [0.29, 0.717) is 29.6 Å². The lowest BCUT2D eigenvalue weighted by atomic mass is 10.0. The summed E-state index contributed by atoms with van der Waals surface area (Å²) >= 11 is 6.63. The van der Waals surface area contributed by atoms with Gasteiger partial charge < -0.3 is 0 Å². The lowest BCUT2D eigenvalue weighted by Gasteiger charge is -2.01. The van der Waals surface area contributed by atoms with Crippen LogP contribution >= 0.6 is 45.7 Å². The predicted molar refractivity (Wildman–Crippen MR) is 190 cm³/mol. The third-order valence-electron chi connectivity index (χ3n) is 5.96. The maximum absolute atomic E-state index is 4.16. The maximum atomic E-state index is 4.16. The molecule has 0 atom stereocenters. The second-order valence-corrected chi connectivity index (χ2v) is 14.2. The molecule has 0 aliphatic heterocycles. The quantitative estimate of drug-likeness (QED) is 0.194. The van der Waals surface area contributed by atoms with Gasteiger partial charge in [0.1, 0.15) is 0 Å². The Morgan fingerprint density at radius 2 is 1.17 bits per heavy atom. The molecule has 0 radical (unpaired) electrons. The van der Waals surface area contributed by atoms with Gasteiger partial charge in [0.05, 0.1) is 5.69 Å². The standard InChI is InChI=1S/C9H12.2C7H10S.2C6H9NS/c1-8(2)9-6-4-3-5-7-9;1-6(2)7-3-4-8-5-7;1-6(2)7-4-3-5-8-7;1-5(2)6-3-7-8-4-6;1-5(2)6-3-4-8-7-6/h3-8H,1-2H3;2*3-6H,1-2H3;2*3-5H,1-2H3. The van der Waals surface area contributed by atoms with E-state index in [4.69, 9.17) is 0 Å². The first-order chi connectivity index (χ1) is 19.5. The molecule has 41 heavy (non-hydrogen) atoms. The molecule has 0 aliphatic carbocycles. The van der Waals surface area contributed by atoms with Gasteiger partial charge in [0, 0.05) is 21.8 Å². The number of aromatic nitrogens is 2. The molecule has 1 aromatic carbocycles. The fraction of sp³-hybridized carbons (Fsp3) is 0.429. The minimum atomic E-state index is 0.584. The van der Waals surface area contributed by atoms with Crippen molar-refractivity contribution in [3.63, 3.8) is 0 Å². The van der Waals surface area contributed by atoms with Gasteiger partial charge in [-0.15, -0.1) is 11.3 Å². The molecule has 0 saturated heterocycles. The Hall–Kier alpha value is -2.12. The summed E-state index contributed by atoms with van der Waals surface area (Å²) in [6, 6.07) is 19.0. The van der Waals surface area contributed by atoms with Crippen LogP contribution in [0.25, 0.3) is 0 Å². The van der Waals surface area contributed by atoms with E-state index in [9.17, 15) is 0 Å². The van der Waals surface area contributed by atoms with Crippen LogP contribution in [0.5, 0.6) is 0 Å². The second kappa shape index (κ2) is 21.6. The molecule has 6 heteroatoms. The fourth-order valence-corrected chi connectivity index (χ4v) is 6.00. The molecule has 0 aliphatic rings. The topological polar surface area (TPSA) is 25.8 Å². The van der Waals surface area contributed by atoms with Gasteiger partial charge >= 0.3 is 0 Å². The van der Waals surface area contributed by atoms with Crippen LogP contribution in [0.15, 0.2) is 87.7 Å². The van der Waals surface area contributed by atoms with Gasteiger partial charge in [-0.25, -0.2) is 4.37 Å². The second-order valence-electron chi connectivity index (χ2n) is 11.1. The minimum absolute atomic E-state index is 0.584. The summed E-state index contributed by atoms with van der Waals surface area (Å²) < 4.78 is 8.14. The summed E-state index contributed by atoms with van der Waals surface area (Å²) in [5.41, 5.74) is 5.41. The summed E-state index contributed by atoms with van der Waals surface area (Å²) in [5, 5.41) is 10.5. The van der Waals surface area contributed by atoms with Crippen LogP contribution in [0.3, 0.4) is 0 Å². The highest BCUT2D eigenvalue weighted by atomic mass is 32.1. The van der Waals surface area contributed by atoms with Gasteiger partial charge in [-0.3, -0.25) is 0 Å². The molecule has 5 aromatic rings. The summed E-state index contributed by atoms with van der Waals surface area (Å²) in [6.45, 7) is 21.9. The zero-order valence-electron chi connectivity index (χ0n) is 26.6. The van der Waals surface area contributed by atoms with E-state index in [1.165, 1.54) is 50.3 Å². The highest BCUT2D eigenvalue weighted by molar-refractivity contribution is 7.10. The molecule has 2 nitrogen and oxygen atoms in total. The Labute approximate surface area is 266 Å². The van der Waals surface area contributed by atoms with Crippen molar-refractivity contribution in [1.29, 1.82) is 0 Å². The van der Waals surface area contributed by atoms with Crippen LogP contribution in [-0.4, -0.2) is 8.75 Å². The Morgan fingerprint density at radius 3 is 1.44 bits per heavy atom. The molecule has 0 saturated carbocycles. The van der Waals surface area contributed by atoms with Gasteiger partial charge in [-0.2, -0.15) is 15.7 Å². The van der Waals surface area contributed by atoms with Crippen molar-refractivity contribution in [2.45, 2.75) is 98.8 Å². The Kier molecular flexibility index (Phi) is 19.4. The van der Waals surface area contributed by atoms with Crippen LogP contribution in [0, 0.1) is 0 Å². The van der Waals surface area contributed by atoms with Crippen molar-refractivity contribution in [3.8, 4) is 0 Å². The molecule has 4 heterocycles. The van der Waals surface area contributed by atoms with Crippen molar-refractivity contribution in [1.82, 2.24) is 8.75 Å². The van der Waals surface area contributed by atoms with Gasteiger partial charge in [-0.1, -0.05) is 106 Å². The molecule has 0 N–H and O–H groups in total. The van der Waals surface area contributed by atoms with E-state index in [-0.39, 0.29) is 0 Å². The number of benzene rings is 1. The molecule has 0 fully saturated rings. The lowest BCUT2D eigenvalue weighted by molar-refractivity contribution is 0.841. The SMILES string of the molecule is CC(C)c1ccccc1.CC(C)c1cccs1.CC(C)c1ccsc1.CC(C)c1ccsn1.CC(C)c1cnsc1. The van der Waals surface area contributed by atoms with E-state index < -0.39 is 0 Å². The van der Waals surface area contributed by atoms with E-state index >= 15 is 0 Å². The third-order valence-corrected chi connectivity index (χ3v) is 9.01. The van der Waals surface area contributed by atoms with Crippen molar-refractivity contribution in [2.24, 2.45) is 0 Å². The summed E-state index contributed by atoms with van der Waals surface area (Å²) in [7, 11) is 0. The van der Waals surface area contributed by atoms with Crippen LogP contribution in [-0.2, 0) is 0 Å². The molecule has 4 aromatic heterocycles. The molecule has 224 valence electrons. The average molecular weight is 627 g/mol. The fourth-order valence-electron chi connectivity index (χ4n) is 3.08. The number of hydrogen-bond donors (Lipinski definition) is 0. The molecule has 0 spiro atoms. The molecule has 5 rings (SSSR count). The molecule has 0 unspecified atom stereocenters. The Bertz CT molecular complexity index is 1040. The zero-order chi connectivity index (χ0) is 30.6. The summed E-state index contributed by atoms with van der Waals surface area (Å²) in [6.07, 6.45) is 1.93. The van der Waals surface area contributed by atoms with Crippen LogP contribution in [0.1, 0.15) is 126 Å². The zero-order valence-corrected chi connectivity index (χ0v) is 29.8. The first kappa shape index (κ1) is 36.9. The van der Waals surface area contributed by atoms with Gasteiger partial charge in [0.15, 0.2) is 0 Å². The van der Waals surface area contributed by atoms with Crippen molar-refractivity contribution in [3.05, 3.63) is 115 Å². The Balaban J connectivity index is 0.000000256. The minimum Gasteiger partial charge on any atom is -0.201 e. The highest BCUT2D eigenvalue weighted by Crippen LogP contribution is 2.19. The first-order valence-corrected chi connectivity index (χ1v) is 17.9. The number of rotatable bonds is 5. The number of thiophene rings is 2. The van der Waals surface area contributed by atoms with E-state index in [1.807, 2.05) is 29.0 Å². The summed E-state index contributed by atoms with van der Waals surface area (Å²) in [5.74, 6) is 3.28. The van der Waals surface area contributed by atoms with Crippen LogP contribution in [0.2, 0.25) is 0 Å². The molecule has 0 bridgehead atoms. The first-order valence-electron chi connectivity index (χ1n) is 14.4. The van der Waals surface area contributed by atoms with E-state index in [2.05, 4.69) is 148 Å². The highest BCUT2D eigenvalue weighted by Gasteiger charge is 1.98. The normalized spacial score (nSPS) is 10.3. The summed E-state index contributed by atoms with van der Waals surface area (Å²) in [4.78, 5) is 1.48. The third kappa shape index (κ3) is 16.8. The Morgan fingerprint density at radius 1 is 0.512 bits per heavy atom. The lowest BCUT2D eigenvalue weighted by Crippen LogP contribution is -1.83. The average Bonchev–Trinajstić information content (AvgIpc) is 3.78. The largest absolute Gasteiger partial charge is 0.201 e. The number of hydrogen-bond acceptors (Lipinski definition) is 6. The molecular formula is C35H50N2S4. The predicted octanol–water partition coefficient (Wildman–Crippen LogP) is 13.1. The molecular weight excluding hydrogens is 577 g/mol. The van der Waals surface area contributed by atoms with Crippen molar-refractivity contribution < 1.29 is 0 Å². The van der Waals surface area contributed by atoms with Gasteiger partial charge in [0.2, 0.25) is 0 Å². The van der Waals surface area contributed by atoms with Gasteiger partial charge in [0.25, 0.3) is 0 Å². The van der Waals surface area contributed by atoms with Gasteiger partial charge in [-0.05, 0) is 104 Å².